The van der Waals surface area contributed by atoms with Gasteiger partial charge in [-0.25, -0.2) is 0 Å². The Morgan fingerprint density at radius 2 is 2.05 bits per heavy atom. The van der Waals surface area contributed by atoms with Crippen LogP contribution in [0.4, 0.5) is 5.69 Å². The second-order valence-electron chi connectivity index (χ2n) is 5.49. The molecule has 0 bridgehead atoms. The van der Waals surface area contributed by atoms with Crippen molar-refractivity contribution in [3.05, 3.63) is 22.7 Å². The molecule has 0 unspecified atom stereocenters. The van der Waals surface area contributed by atoms with E-state index in [9.17, 15) is 4.79 Å². The van der Waals surface area contributed by atoms with Crippen LogP contribution in [0.3, 0.4) is 0 Å². The van der Waals surface area contributed by atoms with Crippen molar-refractivity contribution in [3.63, 3.8) is 0 Å². The number of hydrogen-bond acceptors (Lipinski definition) is 2. The summed E-state index contributed by atoms with van der Waals surface area (Å²) >= 11 is 6.14. The Hall–Kier alpha value is -1.22. The second-order valence-corrected chi connectivity index (χ2v) is 5.90. The number of carbonyl (C=O) groups excluding carboxylic acids is 1. The van der Waals surface area contributed by atoms with Gasteiger partial charge in [0.15, 0.2) is 5.60 Å². The molecule has 104 valence electrons. The molecule has 1 amide bonds. The molecule has 1 aliphatic heterocycles. The van der Waals surface area contributed by atoms with Crippen molar-refractivity contribution >= 4 is 23.2 Å². The number of unbranched alkanes of at least 4 members (excludes halogenated alkanes) is 1. The molecule has 1 heterocycles. The quantitative estimate of drug-likeness (QED) is 0.839. The Morgan fingerprint density at radius 3 is 2.68 bits per heavy atom. The topological polar surface area (TPSA) is 29.5 Å². The molecule has 1 aromatic carbocycles. The van der Waals surface area contributed by atoms with Crippen molar-refractivity contribution in [1.29, 1.82) is 0 Å². The highest BCUT2D eigenvalue weighted by Crippen LogP contribution is 2.40. The van der Waals surface area contributed by atoms with Crippen LogP contribution in [-0.4, -0.2) is 18.1 Å². The molecule has 1 aliphatic rings. The number of rotatable bonds is 3. The van der Waals surface area contributed by atoms with Crippen molar-refractivity contribution < 1.29 is 9.53 Å². The summed E-state index contributed by atoms with van der Waals surface area (Å²) in [6, 6.07) is 3.74. The van der Waals surface area contributed by atoms with Gasteiger partial charge < -0.3 is 9.64 Å². The Morgan fingerprint density at radius 1 is 1.37 bits per heavy atom. The van der Waals surface area contributed by atoms with Crippen molar-refractivity contribution in [2.45, 2.75) is 46.1 Å². The largest absolute Gasteiger partial charge is 0.476 e. The predicted octanol–water partition coefficient (Wildman–Crippen LogP) is 3.95. The fraction of sp³-hybridized carbons (Fsp3) is 0.533. The van der Waals surface area contributed by atoms with Gasteiger partial charge in [-0.15, -0.1) is 0 Å². The molecule has 1 aromatic rings. The van der Waals surface area contributed by atoms with E-state index in [-0.39, 0.29) is 5.91 Å². The summed E-state index contributed by atoms with van der Waals surface area (Å²) in [7, 11) is 0. The fourth-order valence-electron chi connectivity index (χ4n) is 2.23. The van der Waals surface area contributed by atoms with Gasteiger partial charge in [0.1, 0.15) is 5.75 Å². The van der Waals surface area contributed by atoms with E-state index in [1.165, 1.54) is 0 Å². The smallest absolute Gasteiger partial charge is 0.270 e. The zero-order chi connectivity index (χ0) is 14.2. The van der Waals surface area contributed by atoms with Crippen LogP contribution in [0.25, 0.3) is 0 Å². The van der Waals surface area contributed by atoms with E-state index < -0.39 is 5.60 Å². The van der Waals surface area contributed by atoms with Crippen LogP contribution in [0, 0.1) is 6.92 Å². The molecule has 0 aliphatic carbocycles. The van der Waals surface area contributed by atoms with Gasteiger partial charge in [-0.05, 0) is 38.8 Å². The molecule has 4 heteroatoms. The van der Waals surface area contributed by atoms with Crippen LogP contribution >= 0.6 is 11.6 Å². The summed E-state index contributed by atoms with van der Waals surface area (Å²) in [5.74, 6) is 0.700. The monoisotopic (exact) mass is 281 g/mol. The summed E-state index contributed by atoms with van der Waals surface area (Å²) < 4.78 is 5.80. The Bertz CT molecular complexity index is 511. The Labute approximate surface area is 119 Å². The Balaban J connectivity index is 2.48. The van der Waals surface area contributed by atoms with Gasteiger partial charge in [-0.1, -0.05) is 24.9 Å². The maximum atomic E-state index is 12.5. The van der Waals surface area contributed by atoms with Gasteiger partial charge in [-0.3, -0.25) is 4.79 Å². The van der Waals surface area contributed by atoms with Crippen molar-refractivity contribution in [3.8, 4) is 5.75 Å². The number of benzene rings is 1. The number of amides is 1. The molecular weight excluding hydrogens is 262 g/mol. The van der Waals surface area contributed by atoms with Crippen LogP contribution < -0.4 is 9.64 Å². The molecule has 19 heavy (non-hydrogen) atoms. The molecule has 0 atom stereocenters. The lowest BCUT2D eigenvalue weighted by Gasteiger charge is -2.39. The molecule has 0 spiro atoms. The molecule has 0 fully saturated rings. The highest BCUT2D eigenvalue weighted by Gasteiger charge is 2.40. The summed E-state index contributed by atoms with van der Waals surface area (Å²) in [4.78, 5) is 14.3. The first-order valence-electron chi connectivity index (χ1n) is 6.68. The summed E-state index contributed by atoms with van der Waals surface area (Å²) in [5, 5.41) is 0.666. The standard InChI is InChI=1S/C15H20ClNO2/c1-5-6-7-17-12-8-10(2)11(16)9-13(12)19-15(3,4)14(17)18/h8-9H,5-7H2,1-4H3. The first-order valence-corrected chi connectivity index (χ1v) is 7.05. The van der Waals surface area contributed by atoms with Crippen LogP contribution in [-0.2, 0) is 4.79 Å². The number of aryl methyl sites for hydroxylation is 1. The van der Waals surface area contributed by atoms with E-state index in [1.54, 1.807) is 19.9 Å². The lowest BCUT2D eigenvalue weighted by atomic mass is 10.0. The number of nitrogens with zero attached hydrogens (tertiary/aromatic N) is 1. The van der Waals surface area contributed by atoms with E-state index in [4.69, 9.17) is 16.3 Å². The third-order valence-corrected chi connectivity index (χ3v) is 3.80. The molecular formula is C15H20ClNO2. The number of ether oxygens (including phenoxy) is 1. The van der Waals surface area contributed by atoms with E-state index >= 15 is 0 Å². The summed E-state index contributed by atoms with van der Waals surface area (Å²) in [5.41, 5.74) is 0.956. The Kier molecular flexibility index (Phi) is 3.77. The minimum absolute atomic E-state index is 0.00942. The maximum absolute atomic E-state index is 12.5. The van der Waals surface area contributed by atoms with E-state index in [0.717, 1.165) is 30.6 Å². The van der Waals surface area contributed by atoms with Gasteiger partial charge in [-0.2, -0.15) is 0 Å². The van der Waals surface area contributed by atoms with Gasteiger partial charge in [0.2, 0.25) is 0 Å². The molecule has 0 radical (unpaired) electrons. The van der Waals surface area contributed by atoms with Gasteiger partial charge in [0.05, 0.1) is 5.69 Å². The minimum Gasteiger partial charge on any atom is -0.476 e. The van der Waals surface area contributed by atoms with Crippen molar-refractivity contribution in [2.75, 3.05) is 11.4 Å². The van der Waals surface area contributed by atoms with Crippen molar-refractivity contribution in [2.24, 2.45) is 0 Å². The number of halogens is 1. The number of anilines is 1. The van der Waals surface area contributed by atoms with Crippen LogP contribution in [0.1, 0.15) is 39.2 Å². The molecule has 0 aromatic heterocycles. The molecule has 0 N–H and O–H groups in total. The maximum Gasteiger partial charge on any atom is 0.270 e. The number of carbonyl (C=O) groups is 1. The molecule has 3 nitrogen and oxygen atoms in total. The molecule has 0 saturated heterocycles. The van der Waals surface area contributed by atoms with Crippen LogP contribution in [0.2, 0.25) is 5.02 Å². The third kappa shape index (κ3) is 2.57. The fourth-order valence-corrected chi connectivity index (χ4v) is 2.39. The normalized spacial score (nSPS) is 17.1. The average Bonchev–Trinajstić information content (AvgIpc) is 2.33. The molecule has 2 rings (SSSR count). The summed E-state index contributed by atoms with van der Waals surface area (Å²) in [6.07, 6.45) is 2.02. The molecule has 0 saturated carbocycles. The van der Waals surface area contributed by atoms with Gasteiger partial charge >= 0.3 is 0 Å². The number of fused-ring (bicyclic) bond motifs is 1. The van der Waals surface area contributed by atoms with Gasteiger partial charge in [0, 0.05) is 17.6 Å². The van der Waals surface area contributed by atoms with Gasteiger partial charge in [0.25, 0.3) is 5.91 Å². The van der Waals surface area contributed by atoms with Crippen molar-refractivity contribution in [1.82, 2.24) is 0 Å². The van der Waals surface area contributed by atoms with Crippen LogP contribution in [0.15, 0.2) is 12.1 Å². The zero-order valence-corrected chi connectivity index (χ0v) is 12.7. The predicted molar refractivity (Wildman–Crippen MR) is 78.2 cm³/mol. The zero-order valence-electron chi connectivity index (χ0n) is 11.9. The summed E-state index contributed by atoms with van der Waals surface area (Å²) in [6.45, 7) is 8.36. The van der Waals surface area contributed by atoms with Crippen LogP contribution in [0.5, 0.6) is 5.75 Å². The van der Waals surface area contributed by atoms with E-state index in [2.05, 4.69) is 6.92 Å². The van der Waals surface area contributed by atoms with E-state index in [0.29, 0.717) is 10.8 Å². The highest BCUT2D eigenvalue weighted by molar-refractivity contribution is 6.31. The average molecular weight is 282 g/mol. The lowest BCUT2D eigenvalue weighted by Crippen LogP contribution is -2.52. The number of hydrogen-bond donors (Lipinski definition) is 0. The van der Waals surface area contributed by atoms with E-state index in [1.807, 2.05) is 17.9 Å². The SMILES string of the molecule is CCCCN1C(=O)C(C)(C)Oc2cc(Cl)c(C)cc21. The second kappa shape index (κ2) is 5.04. The first-order chi connectivity index (χ1) is 8.86. The minimum atomic E-state index is -0.834. The third-order valence-electron chi connectivity index (χ3n) is 3.39. The first kappa shape index (κ1) is 14.2. The lowest BCUT2D eigenvalue weighted by molar-refractivity contribution is -0.132. The highest BCUT2D eigenvalue weighted by atomic mass is 35.5.